The Morgan fingerprint density at radius 3 is 2.71 bits per heavy atom. The number of amides is 1. The molecule has 8 heteroatoms. The summed E-state index contributed by atoms with van der Waals surface area (Å²) in [6.45, 7) is 1.00. The Morgan fingerprint density at radius 2 is 2.04 bits per heavy atom. The molecule has 0 bridgehead atoms. The number of likely N-dealkylation sites (N-methyl/N-ethyl adjacent to an activating group) is 1. The van der Waals surface area contributed by atoms with Crippen LogP contribution in [-0.4, -0.2) is 68.1 Å². The van der Waals surface area contributed by atoms with Gasteiger partial charge in [0, 0.05) is 23.6 Å². The summed E-state index contributed by atoms with van der Waals surface area (Å²) in [5, 5.41) is 10.9. The van der Waals surface area contributed by atoms with Crippen molar-refractivity contribution in [3.63, 3.8) is 0 Å². The summed E-state index contributed by atoms with van der Waals surface area (Å²) in [4.78, 5) is 28.5. The third-order valence-corrected chi connectivity index (χ3v) is 6.06. The fraction of sp³-hybridized carbons (Fsp3) is 0.550. The molecule has 1 amide bonds. The molecule has 1 heterocycles. The Bertz CT molecular complexity index is 794. The molecule has 8 nitrogen and oxygen atoms in total. The maximum atomic E-state index is 11.2. The van der Waals surface area contributed by atoms with E-state index in [0.29, 0.717) is 6.04 Å². The Hall–Kier alpha value is -2.61. The van der Waals surface area contributed by atoms with E-state index in [2.05, 4.69) is 34.4 Å². The van der Waals surface area contributed by atoms with Crippen LogP contribution in [0, 0.1) is 0 Å². The number of benzene rings is 1. The number of carbonyl (C=O) groups excluding carboxylic acids is 1. The Labute approximate surface area is 164 Å². The fourth-order valence-corrected chi connectivity index (χ4v) is 4.52. The van der Waals surface area contributed by atoms with Crippen LogP contribution in [0.25, 0.3) is 0 Å². The Morgan fingerprint density at radius 1 is 1.29 bits per heavy atom. The molecule has 2 atom stereocenters. The van der Waals surface area contributed by atoms with Crippen LogP contribution in [0.1, 0.15) is 31.2 Å². The molecule has 0 radical (unpaired) electrons. The molecule has 1 aliphatic carbocycles. The molecule has 2 aliphatic rings. The number of aliphatic carboxylic acids is 1. The second kappa shape index (κ2) is 8.18. The summed E-state index contributed by atoms with van der Waals surface area (Å²) < 4.78 is 10.9. The zero-order chi connectivity index (χ0) is 20.3. The molecule has 1 saturated carbocycles. The van der Waals surface area contributed by atoms with E-state index in [4.69, 9.17) is 14.6 Å². The highest BCUT2D eigenvalue weighted by molar-refractivity contribution is 6.31. The molecule has 2 fully saturated rings. The highest BCUT2D eigenvalue weighted by Gasteiger charge is 2.49. The van der Waals surface area contributed by atoms with Gasteiger partial charge in [0.25, 0.3) is 0 Å². The highest BCUT2D eigenvalue weighted by Crippen LogP contribution is 2.49. The van der Waals surface area contributed by atoms with E-state index in [0.717, 1.165) is 49.4 Å². The number of nitrogens with zero attached hydrogens (tertiary/aromatic N) is 2. The van der Waals surface area contributed by atoms with Crippen molar-refractivity contribution in [2.75, 3.05) is 34.5 Å². The molecule has 1 aliphatic heterocycles. The quantitative estimate of drug-likeness (QED) is 0.739. The molecule has 152 valence electrons. The van der Waals surface area contributed by atoms with E-state index >= 15 is 0 Å². The van der Waals surface area contributed by atoms with Crippen LogP contribution in [0.5, 0.6) is 11.5 Å². The van der Waals surface area contributed by atoms with E-state index in [9.17, 15) is 9.59 Å². The number of fused-ring (bicyclic) bond motifs is 1. The second-order valence-corrected chi connectivity index (χ2v) is 7.37. The first-order valence-corrected chi connectivity index (χ1v) is 9.37. The molecule has 2 N–H and O–H groups in total. The van der Waals surface area contributed by atoms with Gasteiger partial charge in [-0.15, -0.1) is 0 Å². The highest BCUT2D eigenvalue weighted by atomic mass is 16.5. The van der Waals surface area contributed by atoms with Crippen LogP contribution in [0.3, 0.4) is 0 Å². The van der Waals surface area contributed by atoms with Crippen LogP contribution in [0.4, 0.5) is 0 Å². The minimum Gasteiger partial charge on any atom is -0.493 e. The third kappa shape index (κ3) is 3.69. The largest absolute Gasteiger partial charge is 0.493 e. The normalized spacial score (nSPS) is 26.0. The molecule has 0 aromatic heterocycles. The zero-order valence-electron chi connectivity index (χ0n) is 16.5. The summed E-state index contributed by atoms with van der Waals surface area (Å²) in [7, 11) is 5.41. The monoisotopic (exact) mass is 389 g/mol. The lowest BCUT2D eigenvalue weighted by atomic mass is 9.65. The van der Waals surface area contributed by atoms with Gasteiger partial charge >= 0.3 is 11.9 Å². The van der Waals surface area contributed by atoms with Gasteiger partial charge in [0.2, 0.25) is 0 Å². The van der Waals surface area contributed by atoms with E-state index in [1.165, 1.54) is 5.56 Å². The number of ether oxygens (including phenoxy) is 2. The van der Waals surface area contributed by atoms with Crippen molar-refractivity contribution < 1.29 is 24.2 Å². The van der Waals surface area contributed by atoms with Crippen LogP contribution >= 0.6 is 0 Å². The molecular weight excluding hydrogens is 362 g/mol. The molecule has 28 heavy (non-hydrogen) atoms. The molecular formula is C20H27N3O5. The van der Waals surface area contributed by atoms with Crippen molar-refractivity contribution in [1.29, 1.82) is 0 Å². The average Bonchev–Trinajstić information content (AvgIpc) is 3.04. The summed E-state index contributed by atoms with van der Waals surface area (Å²) in [6.07, 6.45) is 3.63. The standard InChI is InChI=1S/C20H27N3O5/c1-23-9-8-20(13-4-5-15(27-2)16(10-13)28-3)7-6-14(11-17(20)23)21-12-22-18(24)19(25)26/h4-5,10,17H,6-9,11-12H2,1-3H3,(H,22,24)(H,25,26)/b21-14+/t17?,20-/m0/s1. The third-order valence-electron chi connectivity index (χ3n) is 6.06. The number of likely N-dealkylation sites (tertiary alicyclic amines) is 1. The average molecular weight is 389 g/mol. The minimum absolute atomic E-state index is 0.000258. The minimum atomic E-state index is -1.49. The topological polar surface area (TPSA) is 100 Å². The van der Waals surface area contributed by atoms with Gasteiger partial charge in [-0.05, 0) is 50.6 Å². The second-order valence-electron chi connectivity index (χ2n) is 7.37. The molecule has 1 aromatic carbocycles. The van der Waals surface area contributed by atoms with Crippen molar-refractivity contribution >= 4 is 17.6 Å². The summed E-state index contributed by atoms with van der Waals surface area (Å²) in [5.41, 5.74) is 2.29. The van der Waals surface area contributed by atoms with Crippen LogP contribution < -0.4 is 14.8 Å². The Balaban J connectivity index is 1.80. The molecule has 0 spiro atoms. The predicted molar refractivity (Wildman–Crippen MR) is 104 cm³/mol. The van der Waals surface area contributed by atoms with Crippen LogP contribution in [0.15, 0.2) is 23.2 Å². The van der Waals surface area contributed by atoms with Gasteiger partial charge in [-0.1, -0.05) is 6.07 Å². The van der Waals surface area contributed by atoms with E-state index in [-0.39, 0.29) is 12.1 Å². The number of carbonyl (C=O) groups is 2. The SMILES string of the molecule is COc1ccc([C@@]23CC/C(=N\CNC(=O)C(=O)O)CC2N(C)CC3)cc1OC. The fourth-order valence-electron chi connectivity index (χ4n) is 4.52. The molecule has 1 aromatic rings. The summed E-state index contributed by atoms with van der Waals surface area (Å²) >= 11 is 0. The number of methoxy groups -OCH3 is 2. The number of rotatable bonds is 5. The van der Waals surface area contributed by atoms with Gasteiger partial charge in [0.1, 0.15) is 6.67 Å². The summed E-state index contributed by atoms with van der Waals surface area (Å²) in [6, 6.07) is 6.47. The van der Waals surface area contributed by atoms with Gasteiger partial charge in [0.15, 0.2) is 11.5 Å². The number of carboxylic acids is 1. The Kier molecular flexibility index (Phi) is 5.88. The lowest BCUT2D eigenvalue weighted by Crippen LogP contribution is -2.46. The number of carboxylic acid groups (broad SMARTS) is 1. The van der Waals surface area contributed by atoms with Crippen LogP contribution in [0.2, 0.25) is 0 Å². The van der Waals surface area contributed by atoms with Gasteiger partial charge < -0.3 is 24.8 Å². The van der Waals surface area contributed by atoms with Crippen molar-refractivity contribution in [1.82, 2.24) is 10.2 Å². The van der Waals surface area contributed by atoms with Crippen molar-refractivity contribution in [2.45, 2.75) is 37.1 Å². The van der Waals surface area contributed by atoms with E-state index in [1.54, 1.807) is 14.2 Å². The van der Waals surface area contributed by atoms with Gasteiger partial charge in [-0.3, -0.25) is 9.79 Å². The van der Waals surface area contributed by atoms with E-state index in [1.807, 2.05) is 6.07 Å². The lowest BCUT2D eigenvalue weighted by Gasteiger charge is -2.42. The number of aliphatic imine (C=N–C) groups is 1. The van der Waals surface area contributed by atoms with Crippen molar-refractivity contribution in [2.24, 2.45) is 4.99 Å². The molecule has 3 rings (SSSR count). The zero-order valence-corrected chi connectivity index (χ0v) is 16.5. The molecule has 1 saturated heterocycles. The predicted octanol–water partition coefficient (Wildman–Crippen LogP) is 1.43. The van der Waals surface area contributed by atoms with Crippen LogP contribution in [-0.2, 0) is 15.0 Å². The van der Waals surface area contributed by atoms with Crippen molar-refractivity contribution in [3.8, 4) is 11.5 Å². The number of nitrogens with one attached hydrogen (secondary N) is 1. The first-order chi connectivity index (χ1) is 13.4. The first kappa shape index (κ1) is 20.1. The van der Waals surface area contributed by atoms with Gasteiger partial charge in [0.05, 0.1) is 14.2 Å². The van der Waals surface area contributed by atoms with Crippen molar-refractivity contribution in [3.05, 3.63) is 23.8 Å². The maximum absolute atomic E-state index is 11.2. The van der Waals surface area contributed by atoms with E-state index < -0.39 is 11.9 Å². The van der Waals surface area contributed by atoms with Gasteiger partial charge in [-0.2, -0.15) is 0 Å². The smallest absolute Gasteiger partial charge is 0.394 e. The number of hydrogen-bond acceptors (Lipinski definition) is 6. The maximum Gasteiger partial charge on any atom is 0.394 e. The lowest BCUT2D eigenvalue weighted by molar-refractivity contribution is -0.150. The number of hydrogen-bond donors (Lipinski definition) is 2. The molecule has 1 unspecified atom stereocenters. The summed E-state index contributed by atoms with van der Waals surface area (Å²) in [5.74, 6) is -1.07. The first-order valence-electron chi connectivity index (χ1n) is 9.37. The van der Waals surface area contributed by atoms with Gasteiger partial charge in [-0.25, -0.2) is 4.79 Å².